The number of ether oxygens (including phenoxy) is 1. The summed E-state index contributed by atoms with van der Waals surface area (Å²) in [7, 11) is 2.18. The average Bonchev–Trinajstić information content (AvgIpc) is 3.03. The maximum Gasteiger partial charge on any atom is 0.165 e. The van der Waals surface area contributed by atoms with Gasteiger partial charge in [0.1, 0.15) is 6.10 Å². The van der Waals surface area contributed by atoms with E-state index in [2.05, 4.69) is 30.2 Å². The van der Waals surface area contributed by atoms with Crippen LogP contribution in [-0.2, 0) is 11.8 Å². The van der Waals surface area contributed by atoms with Crippen molar-refractivity contribution in [1.82, 2.24) is 4.90 Å². The molecule has 2 aliphatic heterocycles. The van der Waals surface area contributed by atoms with Crippen LogP contribution in [0.3, 0.4) is 0 Å². The van der Waals surface area contributed by atoms with Gasteiger partial charge in [-0.15, -0.1) is 0 Å². The number of aliphatic hydroxyl groups is 1. The summed E-state index contributed by atoms with van der Waals surface area (Å²) >= 11 is 0. The highest BCUT2D eigenvalue weighted by Gasteiger charge is 2.78. The van der Waals surface area contributed by atoms with E-state index in [-0.39, 0.29) is 35.2 Å². The van der Waals surface area contributed by atoms with E-state index in [4.69, 9.17) is 4.74 Å². The Balaban J connectivity index is 1.75. The van der Waals surface area contributed by atoms with Gasteiger partial charge in [0, 0.05) is 22.4 Å². The molecule has 1 saturated heterocycles. The van der Waals surface area contributed by atoms with Gasteiger partial charge in [-0.3, -0.25) is 0 Å². The van der Waals surface area contributed by atoms with Crippen molar-refractivity contribution in [2.45, 2.75) is 36.8 Å². The zero-order valence-corrected chi connectivity index (χ0v) is 14.8. The Kier molecular flexibility index (Phi) is 2.47. The molecule has 5 heteroatoms. The van der Waals surface area contributed by atoms with E-state index < -0.39 is 5.41 Å². The van der Waals surface area contributed by atoms with Gasteiger partial charge in [0.25, 0.3) is 0 Å². The van der Waals surface area contributed by atoms with Crippen LogP contribution in [-0.4, -0.2) is 47.5 Å². The van der Waals surface area contributed by atoms with Crippen molar-refractivity contribution >= 4 is 0 Å². The van der Waals surface area contributed by atoms with Gasteiger partial charge in [0.05, 0.1) is 24.0 Å². The fourth-order valence-corrected chi connectivity index (χ4v) is 7.30. The van der Waals surface area contributed by atoms with Crippen LogP contribution in [0.2, 0.25) is 0 Å². The predicted molar refractivity (Wildman–Crippen MR) is 93.8 cm³/mol. The lowest BCUT2D eigenvalue weighted by Crippen LogP contribution is -2.77. The first-order valence-electron chi connectivity index (χ1n) is 9.47. The van der Waals surface area contributed by atoms with Crippen molar-refractivity contribution in [1.29, 1.82) is 5.26 Å². The van der Waals surface area contributed by atoms with Gasteiger partial charge in [0.2, 0.25) is 0 Å². The van der Waals surface area contributed by atoms with Crippen LogP contribution in [0.4, 0.5) is 0 Å². The molecule has 0 unspecified atom stereocenters. The van der Waals surface area contributed by atoms with Crippen molar-refractivity contribution in [2.75, 3.05) is 20.2 Å². The Morgan fingerprint density at radius 2 is 2.23 bits per heavy atom. The monoisotopic (exact) mass is 350 g/mol. The van der Waals surface area contributed by atoms with E-state index in [1.54, 1.807) is 6.07 Å². The smallest absolute Gasteiger partial charge is 0.165 e. The summed E-state index contributed by atoms with van der Waals surface area (Å²) in [5, 5.41) is 30.9. The number of nitriles is 1. The molecule has 6 atom stereocenters. The van der Waals surface area contributed by atoms with E-state index in [9.17, 15) is 15.5 Å². The van der Waals surface area contributed by atoms with Gasteiger partial charge in [-0.2, -0.15) is 5.26 Å². The average molecular weight is 350 g/mol. The largest absolute Gasteiger partial charge is 0.504 e. The Bertz CT molecular complexity index is 921. The van der Waals surface area contributed by atoms with E-state index >= 15 is 0 Å². The number of rotatable bonds is 1. The minimum absolute atomic E-state index is 0.102. The number of aromatic hydroxyl groups is 1. The topological polar surface area (TPSA) is 76.7 Å². The van der Waals surface area contributed by atoms with E-state index in [1.807, 2.05) is 6.07 Å². The first-order valence-corrected chi connectivity index (χ1v) is 9.47. The van der Waals surface area contributed by atoms with Crippen LogP contribution in [0.25, 0.3) is 0 Å². The maximum atomic E-state index is 10.5. The van der Waals surface area contributed by atoms with Crippen molar-refractivity contribution in [3.05, 3.63) is 35.4 Å². The first kappa shape index (κ1) is 15.1. The van der Waals surface area contributed by atoms with Crippen molar-refractivity contribution < 1.29 is 14.9 Å². The second-order valence-corrected chi connectivity index (χ2v) is 8.90. The number of phenolic OH excluding ortho intramolecular Hbond substituents is 1. The fraction of sp³-hybridized carbons (Fsp3) is 0.571. The van der Waals surface area contributed by atoms with Gasteiger partial charge in [0.15, 0.2) is 11.5 Å². The molecule has 2 spiro atoms. The number of likely N-dealkylation sites (tertiary alicyclic amines) is 1. The first-order chi connectivity index (χ1) is 12.5. The molecule has 0 aromatic heterocycles. The number of piperidine rings is 1. The number of hydrogen-bond donors (Lipinski definition) is 2. The van der Waals surface area contributed by atoms with Gasteiger partial charge in [-0.05, 0) is 44.5 Å². The van der Waals surface area contributed by atoms with E-state index in [1.165, 1.54) is 5.56 Å². The number of likely N-dealkylation sites (N-methyl/N-ethyl adjacent to an activating group) is 1. The number of fused-ring (bicyclic) bond motifs is 1. The Morgan fingerprint density at radius 1 is 1.38 bits per heavy atom. The molecule has 5 nitrogen and oxygen atoms in total. The Hall–Kier alpha value is -2.03. The summed E-state index contributed by atoms with van der Waals surface area (Å²) in [4.78, 5) is 2.44. The molecule has 134 valence electrons. The molecule has 2 N–H and O–H groups in total. The van der Waals surface area contributed by atoms with Gasteiger partial charge in [-0.1, -0.05) is 18.2 Å². The molecule has 1 saturated carbocycles. The van der Waals surface area contributed by atoms with Crippen LogP contribution < -0.4 is 4.74 Å². The Morgan fingerprint density at radius 3 is 3.00 bits per heavy atom. The molecule has 4 aliphatic carbocycles. The zero-order valence-electron chi connectivity index (χ0n) is 14.8. The number of phenols is 1. The number of benzene rings is 1. The second-order valence-electron chi connectivity index (χ2n) is 8.90. The minimum atomic E-state index is -0.697. The van der Waals surface area contributed by atoms with Crippen LogP contribution in [0.5, 0.6) is 11.5 Å². The molecular weight excluding hydrogens is 328 g/mol. The summed E-state index contributed by atoms with van der Waals surface area (Å²) in [6.45, 7) is 0.863. The lowest BCUT2D eigenvalue weighted by atomic mass is 9.35. The third kappa shape index (κ3) is 1.22. The zero-order chi connectivity index (χ0) is 17.9. The van der Waals surface area contributed by atoms with Crippen molar-refractivity contribution in [3.63, 3.8) is 0 Å². The van der Waals surface area contributed by atoms with Gasteiger partial charge >= 0.3 is 0 Å². The normalized spacial score (nSPS) is 46.6. The number of nitrogens with zero attached hydrogens (tertiary/aromatic N) is 2. The Labute approximate surface area is 152 Å². The van der Waals surface area contributed by atoms with Crippen LogP contribution in [0.15, 0.2) is 24.3 Å². The molecule has 2 heterocycles. The van der Waals surface area contributed by atoms with Crippen molar-refractivity contribution in [2.24, 2.45) is 16.7 Å². The summed E-state index contributed by atoms with van der Waals surface area (Å²) in [6.07, 6.45) is 6.68. The summed E-state index contributed by atoms with van der Waals surface area (Å²) < 4.78 is 6.47. The molecule has 4 bridgehead atoms. The van der Waals surface area contributed by atoms with Gasteiger partial charge < -0.3 is 19.8 Å². The molecular formula is C21H22N2O3. The minimum Gasteiger partial charge on any atom is -0.504 e. The third-order valence-electron chi connectivity index (χ3n) is 8.38. The summed E-state index contributed by atoms with van der Waals surface area (Å²) in [5.74, 6) is 0.503. The fourth-order valence-electron chi connectivity index (χ4n) is 7.30. The third-order valence-corrected chi connectivity index (χ3v) is 8.38. The lowest BCUT2D eigenvalue weighted by Gasteiger charge is -2.70. The maximum absolute atomic E-state index is 10.5. The molecule has 0 radical (unpaired) electrons. The number of aliphatic hydroxyl groups excluding tert-OH is 1. The van der Waals surface area contributed by atoms with Crippen LogP contribution in [0.1, 0.15) is 24.0 Å². The van der Waals surface area contributed by atoms with Crippen molar-refractivity contribution in [3.8, 4) is 17.6 Å². The molecule has 7 rings (SSSR count). The highest BCUT2D eigenvalue weighted by atomic mass is 16.5. The number of hydrogen-bond acceptors (Lipinski definition) is 5. The highest BCUT2D eigenvalue weighted by molar-refractivity contribution is 5.64. The second kappa shape index (κ2) is 4.27. The highest BCUT2D eigenvalue weighted by Crippen LogP contribution is 2.75. The molecule has 26 heavy (non-hydrogen) atoms. The molecule has 2 fully saturated rings. The summed E-state index contributed by atoms with van der Waals surface area (Å²) in [5.41, 5.74) is 1.29. The predicted octanol–water partition coefficient (Wildman–Crippen LogP) is 1.73. The molecule has 0 amide bonds. The lowest BCUT2D eigenvalue weighted by molar-refractivity contribution is -0.170. The van der Waals surface area contributed by atoms with E-state index in [0.717, 1.165) is 31.4 Å². The molecule has 1 aromatic rings. The molecule has 1 aromatic carbocycles. The molecule has 6 aliphatic rings. The van der Waals surface area contributed by atoms with E-state index in [0.29, 0.717) is 11.8 Å². The van der Waals surface area contributed by atoms with Gasteiger partial charge in [-0.25, -0.2) is 0 Å². The SMILES string of the molecule is CN1CC[C@]23c4c5ccc(O)c4O[C@H]2[C@@]2(CO)C=C[C@@]3(C[C@@H]2C#N)[C@H]1C5. The standard InChI is InChI=1S/C21H22N2O3/c1-23-7-6-21-16-12-2-3-14(25)17(16)26-18(21)19(11-24)4-5-20(21,15(23)8-12)9-13(19)10-22/h2-5,13,15,18,24-25H,6-9,11H2,1H3/t13-,15-,18+,19-,20-,21+/m1/s1. The van der Waals surface area contributed by atoms with Crippen LogP contribution in [0, 0.1) is 28.1 Å². The van der Waals surface area contributed by atoms with Crippen LogP contribution >= 0.6 is 0 Å². The summed E-state index contributed by atoms with van der Waals surface area (Å²) in [6, 6.07) is 6.58. The quantitative estimate of drug-likeness (QED) is 0.755.